The summed E-state index contributed by atoms with van der Waals surface area (Å²) in [5.74, 6) is -1.73. The smallest absolute Gasteiger partial charge is 0.258 e. The van der Waals surface area contributed by atoms with E-state index >= 15 is 0 Å². The number of aromatic nitrogens is 1. The van der Waals surface area contributed by atoms with E-state index in [0.29, 0.717) is 10.9 Å². The van der Waals surface area contributed by atoms with Crippen molar-refractivity contribution in [2.24, 2.45) is 5.73 Å². The number of phenolic OH excluding ortho intramolecular Hbond substituents is 1. The van der Waals surface area contributed by atoms with Gasteiger partial charge in [-0.1, -0.05) is 18.2 Å². The van der Waals surface area contributed by atoms with Gasteiger partial charge in [0.25, 0.3) is 5.91 Å². The normalized spacial score (nSPS) is 13.3. The predicted molar refractivity (Wildman–Crippen MR) is 91.9 cm³/mol. The number of carbonyl (C=O) groups is 2. The van der Waals surface area contributed by atoms with Crippen LogP contribution in [0.4, 0.5) is 4.39 Å². The van der Waals surface area contributed by atoms with Gasteiger partial charge in [-0.25, -0.2) is 4.39 Å². The second-order valence-electron chi connectivity index (χ2n) is 6.13. The van der Waals surface area contributed by atoms with Crippen LogP contribution in [-0.4, -0.2) is 26.8 Å². The minimum Gasteiger partial charge on any atom is -0.505 e. The summed E-state index contributed by atoms with van der Waals surface area (Å²) in [6.45, 7) is 0.345. The maximum Gasteiger partial charge on any atom is 0.258 e. The molecule has 7 heteroatoms. The summed E-state index contributed by atoms with van der Waals surface area (Å²) in [5.41, 5.74) is 7.07. The van der Waals surface area contributed by atoms with Crippen LogP contribution in [0.15, 0.2) is 42.6 Å². The highest BCUT2D eigenvalue weighted by molar-refractivity contribution is 6.15. The summed E-state index contributed by atoms with van der Waals surface area (Å²) in [6.07, 6.45) is 1.47. The van der Waals surface area contributed by atoms with Gasteiger partial charge in [0.15, 0.2) is 5.75 Å². The van der Waals surface area contributed by atoms with Crippen LogP contribution in [0.1, 0.15) is 31.8 Å². The van der Waals surface area contributed by atoms with Crippen LogP contribution in [0.5, 0.6) is 5.75 Å². The van der Waals surface area contributed by atoms with Crippen LogP contribution < -0.4 is 5.73 Å². The van der Waals surface area contributed by atoms with Crippen molar-refractivity contribution in [1.82, 2.24) is 9.88 Å². The number of pyridine rings is 1. The number of aromatic hydroxyl groups is 1. The standard InChI is InChI=1S/C19H14FN3O3/c20-11-5-3-10(4-6-11)8-23-9-13-14(18(21)25)12-2-1-7-22-16(12)17(24)15(13)19(23)26/h1-7,24H,8-9H2,(H2,21,25). The van der Waals surface area contributed by atoms with Gasteiger partial charge in [-0.15, -0.1) is 0 Å². The molecule has 0 atom stereocenters. The van der Waals surface area contributed by atoms with Gasteiger partial charge in [0.2, 0.25) is 5.91 Å². The lowest BCUT2D eigenvalue weighted by Gasteiger charge is -2.15. The number of benzene rings is 2. The molecule has 1 aromatic heterocycles. The summed E-state index contributed by atoms with van der Waals surface area (Å²) in [7, 11) is 0. The zero-order chi connectivity index (χ0) is 18.4. The third kappa shape index (κ3) is 2.36. The van der Waals surface area contributed by atoms with Gasteiger partial charge < -0.3 is 15.7 Å². The Balaban J connectivity index is 1.83. The van der Waals surface area contributed by atoms with E-state index in [9.17, 15) is 19.1 Å². The Kier molecular flexibility index (Phi) is 3.57. The number of hydrogen-bond donors (Lipinski definition) is 2. The minimum absolute atomic E-state index is 0.0483. The highest BCUT2D eigenvalue weighted by atomic mass is 19.1. The summed E-state index contributed by atoms with van der Waals surface area (Å²) in [4.78, 5) is 30.4. The Labute approximate surface area is 147 Å². The van der Waals surface area contributed by atoms with Gasteiger partial charge in [0, 0.05) is 30.2 Å². The molecule has 0 fully saturated rings. The van der Waals surface area contributed by atoms with Crippen molar-refractivity contribution in [3.05, 3.63) is 70.7 Å². The predicted octanol–water partition coefficient (Wildman–Crippen LogP) is 2.33. The molecule has 0 spiro atoms. The van der Waals surface area contributed by atoms with Crippen LogP contribution in [0.2, 0.25) is 0 Å². The topological polar surface area (TPSA) is 96.5 Å². The largest absolute Gasteiger partial charge is 0.505 e. The fourth-order valence-corrected chi connectivity index (χ4v) is 3.37. The number of amides is 2. The summed E-state index contributed by atoms with van der Waals surface area (Å²) < 4.78 is 13.1. The van der Waals surface area contributed by atoms with Crippen LogP contribution in [0.3, 0.4) is 0 Å². The van der Waals surface area contributed by atoms with Crippen LogP contribution in [0, 0.1) is 5.82 Å². The average Bonchev–Trinajstić information content (AvgIpc) is 2.93. The van der Waals surface area contributed by atoms with E-state index in [1.54, 1.807) is 24.3 Å². The number of primary amides is 1. The van der Waals surface area contributed by atoms with Crippen LogP contribution >= 0.6 is 0 Å². The molecule has 4 rings (SSSR count). The summed E-state index contributed by atoms with van der Waals surface area (Å²) >= 11 is 0. The Morgan fingerprint density at radius 2 is 2.00 bits per heavy atom. The van der Waals surface area contributed by atoms with Crippen molar-refractivity contribution >= 4 is 22.7 Å². The van der Waals surface area contributed by atoms with Crippen LogP contribution in [-0.2, 0) is 13.1 Å². The summed E-state index contributed by atoms with van der Waals surface area (Å²) in [6, 6.07) is 9.06. The molecule has 1 aliphatic heterocycles. The number of rotatable bonds is 3. The maximum atomic E-state index is 13.1. The van der Waals surface area contributed by atoms with Crippen molar-refractivity contribution in [2.45, 2.75) is 13.1 Å². The lowest BCUT2D eigenvalue weighted by molar-refractivity contribution is 0.0763. The third-order valence-electron chi connectivity index (χ3n) is 4.52. The number of halogens is 1. The Bertz CT molecular complexity index is 1060. The lowest BCUT2D eigenvalue weighted by Crippen LogP contribution is -2.23. The van der Waals surface area contributed by atoms with Crippen molar-refractivity contribution in [2.75, 3.05) is 0 Å². The first-order valence-electron chi connectivity index (χ1n) is 7.93. The number of phenols is 1. The molecule has 0 aliphatic carbocycles. The Morgan fingerprint density at radius 1 is 1.27 bits per heavy atom. The van der Waals surface area contributed by atoms with Gasteiger partial charge in [-0.3, -0.25) is 14.6 Å². The van der Waals surface area contributed by atoms with E-state index in [1.165, 1.54) is 23.2 Å². The monoisotopic (exact) mass is 351 g/mol. The molecule has 0 unspecified atom stereocenters. The number of hydrogen-bond acceptors (Lipinski definition) is 4. The van der Waals surface area contributed by atoms with Crippen molar-refractivity contribution < 1.29 is 19.1 Å². The van der Waals surface area contributed by atoms with Crippen molar-refractivity contribution in [1.29, 1.82) is 0 Å². The highest BCUT2D eigenvalue weighted by Gasteiger charge is 2.36. The molecule has 3 aromatic rings. The molecule has 0 saturated heterocycles. The van der Waals surface area contributed by atoms with E-state index in [-0.39, 0.29) is 41.3 Å². The van der Waals surface area contributed by atoms with Gasteiger partial charge in [-0.05, 0) is 23.8 Å². The first-order valence-corrected chi connectivity index (χ1v) is 7.93. The Hall–Kier alpha value is -3.48. The first-order chi connectivity index (χ1) is 12.5. The molecular formula is C19H14FN3O3. The van der Waals surface area contributed by atoms with Gasteiger partial charge in [-0.2, -0.15) is 0 Å². The van der Waals surface area contributed by atoms with E-state index in [2.05, 4.69) is 4.98 Å². The number of fused-ring (bicyclic) bond motifs is 2. The van der Waals surface area contributed by atoms with Crippen molar-refractivity contribution in [3.8, 4) is 5.75 Å². The maximum absolute atomic E-state index is 13.1. The van der Waals surface area contributed by atoms with E-state index < -0.39 is 11.8 Å². The number of nitrogens with zero attached hydrogens (tertiary/aromatic N) is 2. The molecule has 3 N–H and O–H groups in total. The van der Waals surface area contributed by atoms with Crippen molar-refractivity contribution in [3.63, 3.8) is 0 Å². The molecular weight excluding hydrogens is 337 g/mol. The molecule has 26 heavy (non-hydrogen) atoms. The highest BCUT2D eigenvalue weighted by Crippen LogP contribution is 2.39. The molecule has 2 amide bonds. The molecule has 1 aliphatic rings. The zero-order valence-corrected chi connectivity index (χ0v) is 13.6. The second-order valence-corrected chi connectivity index (χ2v) is 6.13. The fourth-order valence-electron chi connectivity index (χ4n) is 3.37. The molecule has 2 heterocycles. The molecule has 130 valence electrons. The molecule has 0 bridgehead atoms. The van der Waals surface area contributed by atoms with Gasteiger partial charge >= 0.3 is 0 Å². The molecule has 0 saturated carbocycles. The number of nitrogens with two attached hydrogens (primary N) is 1. The minimum atomic E-state index is -0.685. The fraction of sp³-hybridized carbons (Fsp3) is 0.105. The number of carbonyl (C=O) groups excluding carboxylic acids is 2. The van der Waals surface area contributed by atoms with Gasteiger partial charge in [0.1, 0.15) is 11.3 Å². The first kappa shape index (κ1) is 16.0. The van der Waals surface area contributed by atoms with E-state index in [0.717, 1.165) is 5.56 Å². The molecule has 2 aromatic carbocycles. The summed E-state index contributed by atoms with van der Waals surface area (Å²) in [5, 5.41) is 11.0. The lowest BCUT2D eigenvalue weighted by atomic mass is 9.96. The molecule has 0 radical (unpaired) electrons. The van der Waals surface area contributed by atoms with Gasteiger partial charge in [0.05, 0.1) is 11.1 Å². The molecule has 6 nitrogen and oxygen atoms in total. The average molecular weight is 351 g/mol. The zero-order valence-electron chi connectivity index (χ0n) is 13.6. The van der Waals surface area contributed by atoms with E-state index in [1.807, 2.05) is 0 Å². The Morgan fingerprint density at radius 3 is 2.69 bits per heavy atom. The quantitative estimate of drug-likeness (QED) is 0.757. The van der Waals surface area contributed by atoms with Crippen LogP contribution in [0.25, 0.3) is 10.9 Å². The second kappa shape index (κ2) is 5.80. The van der Waals surface area contributed by atoms with E-state index in [4.69, 9.17) is 5.73 Å². The SMILES string of the molecule is NC(=O)c1c2c(c(O)c3ncccc13)C(=O)N(Cc1ccc(F)cc1)C2. The third-order valence-corrected chi connectivity index (χ3v) is 4.52.